The van der Waals surface area contributed by atoms with Crippen molar-refractivity contribution in [3.63, 3.8) is 0 Å². The Hall–Kier alpha value is 0.0969. The number of hydrogen-bond acceptors (Lipinski definition) is 3. The third-order valence-corrected chi connectivity index (χ3v) is 2.61. The Balaban J connectivity index is 3.02. The molecule has 0 spiro atoms. The zero-order valence-corrected chi connectivity index (χ0v) is 8.79. The number of methoxy groups -OCH3 is 1. The summed E-state index contributed by atoms with van der Waals surface area (Å²) in [5, 5.41) is 0. The molecule has 11 heavy (non-hydrogen) atoms. The Morgan fingerprint density at radius 1 is 1.09 bits per heavy atom. The first kappa shape index (κ1) is 11.1. The molecule has 0 saturated carbocycles. The van der Waals surface area contributed by atoms with Crippen LogP contribution >= 0.6 is 0 Å². The van der Waals surface area contributed by atoms with E-state index in [1.165, 1.54) is 0 Å². The SMILES string of the molecule is CCCO[SiH](C)OCCOC. The second-order valence-electron chi connectivity index (χ2n) is 2.30. The molecule has 0 aliphatic carbocycles. The summed E-state index contributed by atoms with van der Waals surface area (Å²) in [6.45, 7) is 6.27. The summed E-state index contributed by atoms with van der Waals surface area (Å²) in [5.41, 5.74) is 0. The molecule has 0 fully saturated rings. The van der Waals surface area contributed by atoms with E-state index < -0.39 is 9.28 Å². The Bertz CT molecular complexity index is 80.1. The van der Waals surface area contributed by atoms with Crippen LogP contribution in [0.2, 0.25) is 6.55 Å². The fourth-order valence-electron chi connectivity index (χ4n) is 0.629. The minimum Gasteiger partial charge on any atom is -0.397 e. The van der Waals surface area contributed by atoms with E-state index in [0.29, 0.717) is 13.2 Å². The molecule has 68 valence electrons. The summed E-state index contributed by atoms with van der Waals surface area (Å²) < 4.78 is 15.6. The van der Waals surface area contributed by atoms with E-state index in [-0.39, 0.29) is 0 Å². The van der Waals surface area contributed by atoms with E-state index in [9.17, 15) is 0 Å². The van der Waals surface area contributed by atoms with Gasteiger partial charge in [0.2, 0.25) is 0 Å². The Kier molecular flexibility index (Phi) is 8.27. The molecule has 0 aliphatic rings. The monoisotopic (exact) mass is 178 g/mol. The first-order valence-corrected chi connectivity index (χ1v) is 6.13. The maximum absolute atomic E-state index is 5.40. The van der Waals surface area contributed by atoms with E-state index in [4.69, 9.17) is 13.6 Å². The molecule has 0 radical (unpaired) electrons. The van der Waals surface area contributed by atoms with Crippen LogP contribution < -0.4 is 0 Å². The van der Waals surface area contributed by atoms with Gasteiger partial charge in [0.05, 0.1) is 13.2 Å². The summed E-state index contributed by atoms with van der Waals surface area (Å²) in [4.78, 5) is 0. The Morgan fingerprint density at radius 3 is 2.27 bits per heavy atom. The van der Waals surface area contributed by atoms with Crippen LogP contribution in [0.15, 0.2) is 0 Å². The molecule has 0 rings (SSSR count). The average Bonchev–Trinajstić information content (AvgIpc) is 2.01. The molecular weight excluding hydrogens is 160 g/mol. The molecule has 0 saturated heterocycles. The van der Waals surface area contributed by atoms with Gasteiger partial charge in [-0.15, -0.1) is 0 Å². The van der Waals surface area contributed by atoms with Gasteiger partial charge >= 0.3 is 9.28 Å². The molecule has 0 aromatic heterocycles. The zero-order valence-electron chi connectivity index (χ0n) is 7.63. The van der Waals surface area contributed by atoms with Gasteiger partial charge in [-0.25, -0.2) is 0 Å². The van der Waals surface area contributed by atoms with Crippen molar-refractivity contribution in [1.82, 2.24) is 0 Å². The lowest BCUT2D eigenvalue weighted by Crippen LogP contribution is -2.21. The van der Waals surface area contributed by atoms with Gasteiger partial charge in [-0.05, 0) is 13.0 Å². The van der Waals surface area contributed by atoms with Crippen molar-refractivity contribution in [3.8, 4) is 0 Å². The van der Waals surface area contributed by atoms with Crippen molar-refractivity contribution in [3.05, 3.63) is 0 Å². The second-order valence-corrected chi connectivity index (χ2v) is 4.10. The van der Waals surface area contributed by atoms with E-state index in [1.54, 1.807) is 7.11 Å². The van der Waals surface area contributed by atoms with Gasteiger partial charge in [-0.1, -0.05) is 6.92 Å². The lowest BCUT2D eigenvalue weighted by molar-refractivity contribution is 0.123. The first-order valence-electron chi connectivity index (χ1n) is 4.03. The number of ether oxygens (including phenoxy) is 1. The molecule has 0 N–H and O–H groups in total. The Morgan fingerprint density at radius 2 is 1.73 bits per heavy atom. The quantitative estimate of drug-likeness (QED) is 0.429. The summed E-state index contributed by atoms with van der Waals surface area (Å²) >= 11 is 0. The molecule has 0 aliphatic heterocycles. The van der Waals surface area contributed by atoms with E-state index in [2.05, 4.69) is 6.92 Å². The van der Waals surface area contributed by atoms with Gasteiger partial charge in [0.1, 0.15) is 0 Å². The highest BCUT2D eigenvalue weighted by molar-refractivity contribution is 6.42. The maximum atomic E-state index is 5.40. The van der Waals surface area contributed by atoms with E-state index >= 15 is 0 Å². The van der Waals surface area contributed by atoms with Crippen LogP contribution in [0, 0.1) is 0 Å². The molecule has 1 unspecified atom stereocenters. The predicted molar refractivity (Wildman–Crippen MR) is 47.1 cm³/mol. The minimum absolute atomic E-state index is 0.660. The van der Waals surface area contributed by atoms with Crippen LogP contribution in [0.1, 0.15) is 13.3 Å². The highest BCUT2D eigenvalue weighted by atomic mass is 28.3. The fourth-order valence-corrected chi connectivity index (χ4v) is 1.72. The standard InChI is InChI=1S/C7H18O3Si/c1-4-5-9-11(3)10-7-6-8-2/h11H,4-7H2,1-3H3. The second kappa shape index (κ2) is 8.20. The maximum Gasteiger partial charge on any atom is 0.318 e. The van der Waals surface area contributed by atoms with Crippen LogP contribution in [-0.2, 0) is 13.6 Å². The van der Waals surface area contributed by atoms with Gasteiger partial charge in [0, 0.05) is 13.7 Å². The third kappa shape index (κ3) is 8.00. The van der Waals surface area contributed by atoms with Crippen molar-refractivity contribution in [2.24, 2.45) is 0 Å². The molecule has 0 aromatic carbocycles. The van der Waals surface area contributed by atoms with Crippen LogP contribution in [-0.4, -0.2) is 36.2 Å². The summed E-state index contributed by atoms with van der Waals surface area (Å²) in [6, 6.07) is 0. The molecule has 0 heterocycles. The van der Waals surface area contributed by atoms with Crippen molar-refractivity contribution in [1.29, 1.82) is 0 Å². The zero-order chi connectivity index (χ0) is 8.53. The fraction of sp³-hybridized carbons (Fsp3) is 1.00. The van der Waals surface area contributed by atoms with Crippen molar-refractivity contribution in [2.45, 2.75) is 19.9 Å². The van der Waals surface area contributed by atoms with Crippen molar-refractivity contribution in [2.75, 3.05) is 26.9 Å². The van der Waals surface area contributed by atoms with Gasteiger partial charge in [-0.2, -0.15) is 0 Å². The van der Waals surface area contributed by atoms with Gasteiger partial charge in [0.25, 0.3) is 0 Å². The molecule has 0 bridgehead atoms. The van der Waals surface area contributed by atoms with Crippen LogP contribution in [0.25, 0.3) is 0 Å². The summed E-state index contributed by atoms with van der Waals surface area (Å²) in [6.07, 6.45) is 1.06. The molecular formula is C7H18O3Si. The topological polar surface area (TPSA) is 27.7 Å². The largest absolute Gasteiger partial charge is 0.397 e. The number of rotatable bonds is 7. The highest BCUT2D eigenvalue weighted by Crippen LogP contribution is 1.90. The van der Waals surface area contributed by atoms with Crippen LogP contribution in [0.3, 0.4) is 0 Å². The molecule has 0 aromatic rings. The molecule has 4 heteroatoms. The summed E-state index contributed by atoms with van der Waals surface area (Å²) in [5.74, 6) is 0. The normalized spacial score (nSPS) is 13.4. The van der Waals surface area contributed by atoms with Crippen molar-refractivity contribution >= 4 is 9.28 Å². The van der Waals surface area contributed by atoms with Gasteiger partial charge in [-0.3, -0.25) is 0 Å². The third-order valence-electron chi connectivity index (χ3n) is 1.20. The number of hydrogen-bond donors (Lipinski definition) is 0. The van der Waals surface area contributed by atoms with E-state index in [1.807, 2.05) is 6.55 Å². The van der Waals surface area contributed by atoms with Crippen LogP contribution in [0.4, 0.5) is 0 Å². The average molecular weight is 178 g/mol. The predicted octanol–water partition coefficient (Wildman–Crippen LogP) is 0.926. The highest BCUT2D eigenvalue weighted by Gasteiger charge is 2.03. The molecule has 3 nitrogen and oxygen atoms in total. The van der Waals surface area contributed by atoms with E-state index in [0.717, 1.165) is 13.0 Å². The first-order chi connectivity index (χ1) is 5.31. The van der Waals surface area contributed by atoms with Gasteiger partial charge in [0.15, 0.2) is 0 Å². The molecule has 0 amide bonds. The van der Waals surface area contributed by atoms with Gasteiger partial charge < -0.3 is 13.6 Å². The van der Waals surface area contributed by atoms with Crippen LogP contribution in [0.5, 0.6) is 0 Å². The molecule has 1 atom stereocenters. The lowest BCUT2D eigenvalue weighted by Gasteiger charge is -2.10. The summed E-state index contributed by atoms with van der Waals surface area (Å²) in [7, 11) is 0.338. The minimum atomic E-state index is -1.33. The Labute approximate surface area is 70.5 Å². The smallest absolute Gasteiger partial charge is 0.318 e. The van der Waals surface area contributed by atoms with Crippen molar-refractivity contribution < 1.29 is 13.6 Å². The lowest BCUT2D eigenvalue weighted by atomic mass is 10.5.